The molecule has 0 spiro atoms. The molecule has 0 aliphatic rings. The van der Waals surface area contributed by atoms with Crippen LogP contribution in [0.2, 0.25) is 0 Å². The van der Waals surface area contributed by atoms with Gasteiger partial charge in [0.05, 0.1) is 16.7 Å². The lowest BCUT2D eigenvalue weighted by atomic mass is 10.0. The first-order valence-electron chi connectivity index (χ1n) is 8.65. The van der Waals surface area contributed by atoms with Gasteiger partial charge < -0.3 is 10.1 Å². The molecule has 3 aromatic rings. The Morgan fingerprint density at radius 2 is 1.96 bits per heavy atom. The molecule has 0 aliphatic carbocycles. The minimum atomic E-state index is 0.148. The highest BCUT2D eigenvalue weighted by Crippen LogP contribution is 2.37. The maximum Gasteiger partial charge on any atom is 0.142 e. The number of benzene rings is 2. The Kier molecular flexibility index (Phi) is 5.39. The van der Waals surface area contributed by atoms with Gasteiger partial charge in [-0.05, 0) is 49.6 Å². The quantitative estimate of drug-likeness (QED) is 0.602. The molecular formula is C21H24N2OS. The summed E-state index contributed by atoms with van der Waals surface area (Å²) in [6, 6.07) is 14.7. The summed E-state index contributed by atoms with van der Waals surface area (Å²) < 4.78 is 5.85. The van der Waals surface area contributed by atoms with Crippen molar-refractivity contribution in [1.29, 1.82) is 0 Å². The fraction of sp³-hybridized carbons (Fsp3) is 0.286. The van der Waals surface area contributed by atoms with Crippen LogP contribution in [-0.2, 0) is 6.42 Å². The van der Waals surface area contributed by atoms with E-state index >= 15 is 0 Å². The lowest BCUT2D eigenvalue weighted by Crippen LogP contribution is -2.07. The highest BCUT2D eigenvalue weighted by Gasteiger charge is 2.12. The van der Waals surface area contributed by atoms with E-state index in [0.29, 0.717) is 0 Å². The molecule has 0 radical (unpaired) electrons. The summed E-state index contributed by atoms with van der Waals surface area (Å²) in [6.45, 7) is 6.25. The predicted octanol–water partition coefficient (Wildman–Crippen LogP) is 5.87. The van der Waals surface area contributed by atoms with Gasteiger partial charge in [0.25, 0.3) is 0 Å². The van der Waals surface area contributed by atoms with Crippen LogP contribution in [0.25, 0.3) is 21.0 Å². The topological polar surface area (TPSA) is 34.1 Å². The van der Waals surface area contributed by atoms with Gasteiger partial charge >= 0.3 is 0 Å². The number of nitrogens with one attached hydrogen (secondary N) is 1. The van der Waals surface area contributed by atoms with Gasteiger partial charge in [-0.3, -0.25) is 0 Å². The van der Waals surface area contributed by atoms with Gasteiger partial charge in [0.1, 0.15) is 10.8 Å². The van der Waals surface area contributed by atoms with Gasteiger partial charge in [0.15, 0.2) is 0 Å². The SMILES string of the molecule is CCc1ccccc1-c1cnc(-c2ccc(OC(C)C)c(NC)c2)s1. The zero-order valence-electron chi connectivity index (χ0n) is 15.2. The van der Waals surface area contributed by atoms with E-state index in [1.54, 1.807) is 11.3 Å². The van der Waals surface area contributed by atoms with Gasteiger partial charge in [-0.25, -0.2) is 4.98 Å². The monoisotopic (exact) mass is 352 g/mol. The Hall–Kier alpha value is -2.33. The van der Waals surface area contributed by atoms with E-state index in [1.807, 2.05) is 33.2 Å². The van der Waals surface area contributed by atoms with Crippen molar-refractivity contribution in [3.05, 3.63) is 54.2 Å². The lowest BCUT2D eigenvalue weighted by Gasteiger charge is -2.14. The van der Waals surface area contributed by atoms with Crippen LogP contribution >= 0.6 is 11.3 Å². The fourth-order valence-corrected chi connectivity index (χ4v) is 3.79. The van der Waals surface area contributed by atoms with E-state index in [-0.39, 0.29) is 6.10 Å². The Balaban J connectivity index is 1.94. The van der Waals surface area contributed by atoms with Crippen LogP contribution < -0.4 is 10.1 Å². The Labute approximate surface area is 153 Å². The molecular weight excluding hydrogens is 328 g/mol. The summed E-state index contributed by atoms with van der Waals surface area (Å²) in [5.41, 5.74) is 4.72. The normalized spacial score (nSPS) is 10.9. The van der Waals surface area contributed by atoms with Gasteiger partial charge in [-0.2, -0.15) is 0 Å². The second-order valence-corrected chi connectivity index (χ2v) is 7.20. The smallest absolute Gasteiger partial charge is 0.142 e. The van der Waals surface area contributed by atoms with E-state index in [2.05, 4.69) is 53.6 Å². The maximum atomic E-state index is 5.85. The predicted molar refractivity (Wildman–Crippen MR) is 108 cm³/mol. The Bertz CT molecular complexity index is 855. The molecule has 0 atom stereocenters. The number of rotatable bonds is 6. The third-order valence-electron chi connectivity index (χ3n) is 4.03. The highest BCUT2D eigenvalue weighted by molar-refractivity contribution is 7.18. The van der Waals surface area contributed by atoms with E-state index < -0.39 is 0 Å². The largest absolute Gasteiger partial charge is 0.489 e. The Morgan fingerprint density at radius 1 is 1.16 bits per heavy atom. The van der Waals surface area contributed by atoms with Gasteiger partial charge in [0, 0.05) is 18.8 Å². The fourth-order valence-electron chi connectivity index (χ4n) is 2.82. The molecule has 2 aromatic carbocycles. The molecule has 0 fully saturated rings. The molecule has 4 heteroatoms. The molecule has 1 aromatic heterocycles. The molecule has 0 saturated heterocycles. The van der Waals surface area contributed by atoms with Crippen molar-refractivity contribution in [1.82, 2.24) is 4.98 Å². The van der Waals surface area contributed by atoms with Crippen molar-refractivity contribution in [3.63, 3.8) is 0 Å². The summed E-state index contributed by atoms with van der Waals surface area (Å²) in [4.78, 5) is 5.86. The molecule has 1 N–H and O–H groups in total. The number of aromatic nitrogens is 1. The molecule has 0 saturated carbocycles. The zero-order valence-corrected chi connectivity index (χ0v) is 16.0. The molecule has 0 aliphatic heterocycles. The second kappa shape index (κ2) is 7.70. The van der Waals surface area contributed by atoms with Crippen molar-refractivity contribution in [2.75, 3.05) is 12.4 Å². The van der Waals surface area contributed by atoms with E-state index in [0.717, 1.165) is 28.4 Å². The lowest BCUT2D eigenvalue weighted by molar-refractivity contribution is 0.244. The highest BCUT2D eigenvalue weighted by atomic mass is 32.1. The van der Waals surface area contributed by atoms with Crippen LogP contribution in [0.3, 0.4) is 0 Å². The first kappa shape index (κ1) is 17.5. The zero-order chi connectivity index (χ0) is 17.8. The number of aryl methyl sites for hydroxylation is 1. The minimum Gasteiger partial charge on any atom is -0.489 e. The van der Waals surface area contributed by atoms with Crippen molar-refractivity contribution in [2.24, 2.45) is 0 Å². The van der Waals surface area contributed by atoms with Crippen molar-refractivity contribution in [3.8, 4) is 26.8 Å². The molecule has 3 rings (SSSR count). The molecule has 0 bridgehead atoms. The van der Waals surface area contributed by atoms with Gasteiger partial charge in [0.2, 0.25) is 0 Å². The molecule has 0 amide bonds. The number of hydrogen-bond donors (Lipinski definition) is 1. The van der Waals surface area contributed by atoms with E-state index in [9.17, 15) is 0 Å². The van der Waals surface area contributed by atoms with Crippen molar-refractivity contribution < 1.29 is 4.74 Å². The Morgan fingerprint density at radius 3 is 2.68 bits per heavy atom. The molecule has 3 nitrogen and oxygen atoms in total. The van der Waals surface area contributed by atoms with Crippen LogP contribution in [0.5, 0.6) is 5.75 Å². The number of ether oxygens (including phenoxy) is 1. The van der Waals surface area contributed by atoms with Gasteiger partial charge in [-0.15, -0.1) is 11.3 Å². The first-order valence-corrected chi connectivity index (χ1v) is 9.47. The number of hydrogen-bond acceptors (Lipinski definition) is 4. The van der Waals surface area contributed by atoms with Gasteiger partial charge in [-0.1, -0.05) is 31.2 Å². The third-order valence-corrected chi connectivity index (χ3v) is 5.11. The van der Waals surface area contributed by atoms with E-state index in [4.69, 9.17) is 4.74 Å². The number of nitrogens with zero attached hydrogens (tertiary/aromatic N) is 1. The number of thiazole rings is 1. The van der Waals surface area contributed by atoms with Crippen LogP contribution in [0.4, 0.5) is 5.69 Å². The van der Waals surface area contributed by atoms with Crippen LogP contribution in [-0.4, -0.2) is 18.1 Å². The summed E-state index contributed by atoms with van der Waals surface area (Å²) in [5.74, 6) is 0.870. The number of anilines is 1. The van der Waals surface area contributed by atoms with E-state index in [1.165, 1.54) is 16.0 Å². The first-order chi connectivity index (χ1) is 12.1. The second-order valence-electron chi connectivity index (χ2n) is 6.17. The molecule has 25 heavy (non-hydrogen) atoms. The van der Waals surface area contributed by atoms with Crippen LogP contribution in [0.1, 0.15) is 26.3 Å². The average molecular weight is 353 g/mol. The maximum absolute atomic E-state index is 5.85. The van der Waals surface area contributed by atoms with Crippen molar-refractivity contribution >= 4 is 17.0 Å². The molecule has 0 unspecified atom stereocenters. The summed E-state index contributed by atoms with van der Waals surface area (Å²) in [7, 11) is 1.91. The van der Waals surface area contributed by atoms with Crippen LogP contribution in [0, 0.1) is 0 Å². The standard InChI is InChI=1S/C21H24N2OS/c1-5-15-8-6-7-9-17(15)20-13-23-21(25-20)16-10-11-19(24-14(2)3)18(12-16)22-4/h6-14,22H,5H2,1-4H3. The molecule has 130 valence electrons. The summed E-state index contributed by atoms with van der Waals surface area (Å²) in [6.07, 6.45) is 3.15. The minimum absolute atomic E-state index is 0.148. The van der Waals surface area contributed by atoms with Crippen molar-refractivity contribution in [2.45, 2.75) is 33.3 Å². The summed E-state index contributed by atoms with van der Waals surface area (Å²) in [5, 5.41) is 4.24. The molecule has 1 heterocycles. The third kappa shape index (κ3) is 3.85. The average Bonchev–Trinajstić information content (AvgIpc) is 3.11. The summed E-state index contributed by atoms with van der Waals surface area (Å²) >= 11 is 1.73. The van der Waals surface area contributed by atoms with Crippen LogP contribution in [0.15, 0.2) is 48.7 Å².